The highest BCUT2D eigenvalue weighted by Gasteiger charge is 2.26. The molecule has 2 rings (SSSR count). The van der Waals surface area contributed by atoms with E-state index in [-0.39, 0.29) is 19.1 Å². The van der Waals surface area contributed by atoms with E-state index in [1.54, 1.807) is 7.11 Å². The molecule has 1 amide bonds. The first-order valence-electron chi connectivity index (χ1n) is 7.76. The van der Waals surface area contributed by atoms with Crippen molar-refractivity contribution in [3.05, 3.63) is 35.4 Å². The number of hydrogen-bond donors (Lipinski definition) is 1. The molecule has 1 N–H and O–H groups in total. The summed E-state index contributed by atoms with van der Waals surface area (Å²) in [5.41, 5.74) is 2.16. The Morgan fingerprint density at radius 3 is 2.95 bits per heavy atom. The van der Waals surface area contributed by atoms with Crippen LogP contribution in [0.15, 0.2) is 24.3 Å². The van der Waals surface area contributed by atoms with Crippen molar-refractivity contribution in [2.24, 2.45) is 5.92 Å². The van der Waals surface area contributed by atoms with E-state index in [0.29, 0.717) is 19.1 Å². The monoisotopic (exact) mass is 307 g/mol. The third-order valence-corrected chi connectivity index (χ3v) is 3.99. The third kappa shape index (κ3) is 5.09. The number of rotatable bonds is 8. The molecule has 0 spiro atoms. The molecule has 0 unspecified atom stereocenters. The Morgan fingerprint density at radius 1 is 1.36 bits per heavy atom. The predicted octanol–water partition coefficient (Wildman–Crippen LogP) is 1.23. The maximum atomic E-state index is 12.0. The molecular weight excluding hydrogens is 282 g/mol. The van der Waals surface area contributed by atoms with E-state index in [2.05, 4.69) is 6.07 Å². The molecule has 0 radical (unpaired) electrons. The summed E-state index contributed by atoms with van der Waals surface area (Å²) in [6.07, 6.45) is 1.97. The Bertz CT molecular complexity index is 477. The number of nitrogens with zero attached hydrogens (tertiary/aromatic N) is 1. The minimum Gasteiger partial charge on any atom is -0.392 e. The average molecular weight is 307 g/mol. The predicted molar refractivity (Wildman–Crippen MR) is 83.5 cm³/mol. The largest absolute Gasteiger partial charge is 0.392 e. The Balaban J connectivity index is 1.76. The summed E-state index contributed by atoms with van der Waals surface area (Å²) in [7, 11) is 1.61. The van der Waals surface area contributed by atoms with Crippen molar-refractivity contribution >= 4 is 5.91 Å². The molecule has 0 bridgehead atoms. The maximum Gasteiger partial charge on any atom is 0.248 e. The molecule has 0 saturated carbocycles. The summed E-state index contributed by atoms with van der Waals surface area (Å²) >= 11 is 0. The molecule has 1 aliphatic rings. The number of benzene rings is 1. The second-order valence-corrected chi connectivity index (χ2v) is 5.72. The standard InChI is InChI=1S/C17H25NO4/c1-21-7-8-22-13-17(20)18-6-5-15(11-18)9-14-3-2-4-16(10-14)12-19/h2-4,10,15,19H,5-9,11-13H2,1H3/t15-/m0/s1. The van der Waals surface area contributed by atoms with Gasteiger partial charge in [-0.3, -0.25) is 4.79 Å². The van der Waals surface area contributed by atoms with E-state index in [4.69, 9.17) is 9.47 Å². The summed E-state index contributed by atoms with van der Waals surface area (Å²) in [5.74, 6) is 0.541. The number of methoxy groups -OCH3 is 1. The van der Waals surface area contributed by atoms with Crippen LogP contribution < -0.4 is 0 Å². The first kappa shape index (κ1) is 16.9. The Hall–Kier alpha value is -1.43. The third-order valence-electron chi connectivity index (χ3n) is 3.99. The Labute approximate surface area is 131 Å². The molecule has 1 aromatic rings. The van der Waals surface area contributed by atoms with Crippen LogP contribution in [0.2, 0.25) is 0 Å². The van der Waals surface area contributed by atoms with Gasteiger partial charge in [0.25, 0.3) is 0 Å². The molecule has 1 aromatic carbocycles. The average Bonchev–Trinajstić information content (AvgIpc) is 3.00. The van der Waals surface area contributed by atoms with Crippen LogP contribution in [0.25, 0.3) is 0 Å². The van der Waals surface area contributed by atoms with E-state index in [9.17, 15) is 9.90 Å². The van der Waals surface area contributed by atoms with Gasteiger partial charge in [-0.15, -0.1) is 0 Å². The van der Waals surface area contributed by atoms with Crippen molar-refractivity contribution in [2.45, 2.75) is 19.4 Å². The SMILES string of the molecule is COCCOCC(=O)N1CC[C@@H](Cc2cccc(CO)c2)C1. The van der Waals surface area contributed by atoms with Crippen molar-refractivity contribution in [3.8, 4) is 0 Å². The van der Waals surface area contributed by atoms with E-state index in [1.165, 1.54) is 5.56 Å². The lowest BCUT2D eigenvalue weighted by atomic mass is 9.97. The van der Waals surface area contributed by atoms with E-state index >= 15 is 0 Å². The van der Waals surface area contributed by atoms with Gasteiger partial charge >= 0.3 is 0 Å². The number of likely N-dealkylation sites (tertiary alicyclic amines) is 1. The number of carbonyl (C=O) groups is 1. The highest BCUT2D eigenvalue weighted by atomic mass is 16.5. The second-order valence-electron chi connectivity index (χ2n) is 5.72. The Kier molecular flexibility index (Phi) is 6.83. The summed E-state index contributed by atoms with van der Waals surface area (Å²) in [4.78, 5) is 13.9. The molecule has 1 saturated heterocycles. The van der Waals surface area contributed by atoms with Gasteiger partial charge in [0.15, 0.2) is 0 Å². The molecule has 1 atom stereocenters. The van der Waals surface area contributed by atoms with Crippen LogP contribution in [0.5, 0.6) is 0 Å². The van der Waals surface area contributed by atoms with Crippen molar-refractivity contribution in [1.29, 1.82) is 0 Å². The first-order valence-corrected chi connectivity index (χ1v) is 7.76. The molecule has 0 aliphatic carbocycles. The van der Waals surface area contributed by atoms with Crippen LogP contribution in [0.1, 0.15) is 17.5 Å². The summed E-state index contributed by atoms with van der Waals surface area (Å²) in [5, 5.41) is 9.18. The van der Waals surface area contributed by atoms with Crippen LogP contribution in [-0.4, -0.2) is 55.9 Å². The fraction of sp³-hybridized carbons (Fsp3) is 0.588. The fourth-order valence-electron chi connectivity index (χ4n) is 2.81. The number of amides is 1. The van der Waals surface area contributed by atoms with E-state index < -0.39 is 0 Å². The van der Waals surface area contributed by atoms with Gasteiger partial charge in [-0.25, -0.2) is 0 Å². The Morgan fingerprint density at radius 2 is 2.18 bits per heavy atom. The zero-order chi connectivity index (χ0) is 15.8. The van der Waals surface area contributed by atoms with Gasteiger partial charge in [-0.05, 0) is 29.9 Å². The molecule has 1 heterocycles. The van der Waals surface area contributed by atoms with Crippen LogP contribution in [0, 0.1) is 5.92 Å². The van der Waals surface area contributed by atoms with Gasteiger partial charge in [0.05, 0.1) is 19.8 Å². The summed E-state index contributed by atoms with van der Waals surface area (Å²) < 4.78 is 10.2. The fourth-order valence-corrected chi connectivity index (χ4v) is 2.81. The molecule has 0 aromatic heterocycles. The van der Waals surface area contributed by atoms with E-state index in [0.717, 1.165) is 31.5 Å². The van der Waals surface area contributed by atoms with Gasteiger partial charge in [0.2, 0.25) is 5.91 Å². The zero-order valence-electron chi connectivity index (χ0n) is 13.2. The maximum absolute atomic E-state index is 12.0. The molecule has 122 valence electrons. The quantitative estimate of drug-likeness (QED) is 0.734. The number of ether oxygens (including phenoxy) is 2. The molecule has 5 nitrogen and oxygen atoms in total. The van der Waals surface area contributed by atoms with Crippen LogP contribution in [-0.2, 0) is 27.3 Å². The van der Waals surface area contributed by atoms with Crippen molar-refractivity contribution < 1.29 is 19.4 Å². The summed E-state index contributed by atoms with van der Waals surface area (Å²) in [6, 6.07) is 8.02. The minimum atomic E-state index is 0.0581. The van der Waals surface area contributed by atoms with Crippen molar-refractivity contribution in [1.82, 2.24) is 4.90 Å². The molecular formula is C17H25NO4. The smallest absolute Gasteiger partial charge is 0.248 e. The van der Waals surface area contributed by atoms with Crippen molar-refractivity contribution in [3.63, 3.8) is 0 Å². The minimum absolute atomic E-state index is 0.0581. The highest BCUT2D eigenvalue weighted by Crippen LogP contribution is 2.21. The van der Waals surface area contributed by atoms with Gasteiger partial charge in [-0.2, -0.15) is 0 Å². The van der Waals surface area contributed by atoms with E-state index in [1.807, 2.05) is 23.1 Å². The topological polar surface area (TPSA) is 59.0 Å². The molecule has 1 aliphatic heterocycles. The van der Waals surface area contributed by atoms with Gasteiger partial charge in [0, 0.05) is 20.2 Å². The van der Waals surface area contributed by atoms with Crippen LogP contribution in [0.3, 0.4) is 0 Å². The van der Waals surface area contributed by atoms with Gasteiger partial charge in [-0.1, -0.05) is 24.3 Å². The van der Waals surface area contributed by atoms with Gasteiger partial charge in [0.1, 0.15) is 6.61 Å². The number of carbonyl (C=O) groups excluding carboxylic acids is 1. The lowest BCUT2D eigenvalue weighted by Crippen LogP contribution is -2.32. The summed E-state index contributed by atoms with van der Waals surface area (Å²) in [6.45, 7) is 2.76. The normalized spacial score (nSPS) is 17.9. The molecule has 5 heteroatoms. The highest BCUT2D eigenvalue weighted by molar-refractivity contribution is 5.77. The van der Waals surface area contributed by atoms with Crippen molar-refractivity contribution in [2.75, 3.05) is 40.0 Å². The van der Waals surface area contributed by atoms with Gasteiger partial charge < -0.3 is 19.5 Å². The van der Waals surface area contributed by atoms with Crippen LogP contribution >= 0.6 is 0 Å². The van der Waals surface area contributed by atoms with Crippen LogP contribution in [0.4, 0.5) is 0 Å². The molecule has 1 fully saturated rings. The first-order chi connectivity index (χ1) is 10.7. The lowest BCUT2D eigenvalue weighted by Gasteiger charge is -2.16. The number of aliphatic hydroxyl groups is 1. The zero-order valence-corrected chi connectivity index (χ0v) is 13.2. The number of aliphatic hydroxyl groups excluding tert-OH is 1. The lowest BCUT2D eigenvalue weighted by molar-refractivity contribution is -0.135. The number of hydrogen-bond acceptors (Lipinski definition) is 4. The molecule has 22 heavy (non-hydrogen) atoms. The second kappa shape index (κ2) is 8.88.